The summed E-state index contributed by atoms with van der Waals surface area (Å²) < 4.78 is 0. The zero-order chi connectivity index (χ0) is 14.5. The van der Waals surface area contributed by atoms with E-state index in [4.69, 9.17) is 16.6 Å². The Hall–Kier alpha value is -1.38. The van der Waals surface area contributed by atoms with Crippen molar-refractivity contribution in [3.8, 4) is 0 Å². The van der Waals surface area contributed by atoms with E-state index in [1.807, 2.05) is 23.5 Å². The molecule has 0 aliphatic carbocycles. The monoisotopic (exact) mass is 315 g/mol. The van der Waals surface area contributed by atoms with Crippen LogP contribution in [0, 0.1) is 0 Å². The van der Waals surface area contributed by atoms with Gasteiger partial charge in [0.25, 0.3) is 0 Å². The van der Waals surface area contributed by atoms with Crippen molar-refractivity contribution in [2.75, 3.05) is 0 Å². The highest BCUT2D eigenvalue weighted by molar-refractivity contribution is 7.09. The van der Waals surface area contributed by atoms with Crippen LogP contribution < -0.4 is 0 Å². The van der Waals surface area contributed by atoms with E-state index in [0.29, 0.717) is 0 Å². The zero-order valence-corrected chi connectivity index (χ0v) is 13.4. The number of aromatic nitrogens is 1. The van der Waals surface area contributed by atoms with E-state index >= 15 is 0 Å². The highest BCUT2D eigenvalue weighted by Gasteiger charge is 2.08. The van der Waals surface area contributed by atoms with E-state index in [0.717, 1.165) is 36.9 Å². The summed E-state index contributed by atoms with van der Waals surface area (Å²) in [5.74, 6) is 0. The molecule has 2 heterocycles. The maximum Gasteiger partial charge on any atom is 0.0705 e. The Balaban J connectivity index is 1.54. The van der Waals surface area contributed by atoms with Crippen molar-refractivity contribution in [1.29, 1.82) is 0 Å². The van der Waals surface area contributed by atoms with Crippen molar-refractivity contribution < 1.29 is 0 Å². The fourth-order valence-electron chi connectivity index (χ4n) is 2.50. The lowest BCUT2D eigenvalue weighted by molar-refractivity contribution is 0.684. The van der Waals surface area contributed by atoms with Crippen molar-refractivity contribution in [3.63, 3.8) is 0 Å². The van der Waals surface area contributed by atoms with Gasteiger partial charge in [0, 0.05) is 27.8 Å². The van der Waals surface area contributed by atoms with Gasteiger partial charge in [-0.2, -0.15) is 0 Å². The number of rotatable bonds is 6. The summed E-state index contributed by atoms with van der Waals surface area (Å²) in [6, 6.07) is 16.7. The molecule has 0 N–H and O–H groups in total. The number of halogens is 1. The summed E-state index contributed by atoms with van der Waals surface area (Å²) in [5, 5.41) is 3.48. The summed E-state index contributed by atoms with van der Waals surface area (Å²) in [7, 11) is 0. The SMILES string of the molecule is ClC(CCCc1cccs1)Cc1ccc2ccccc2n1. The summed E-state index contributed by atoms with van der Waals surface area (Å²) in [5.41, 5.74) is 2.14. The average molecular weight is 316 g/mol. The molecule has 1 aromatic carbocycles. The van der Waals surface area contributed by atoms with Crippen LogP contribution in [-0.4, -0.2) is 10.4 Å². The van der Waals surface area contributed by atoms with Gasteiger partial charge in [-0.25, -0.2) is 0 Å². The molecule has 1 atom stereocenters. The number of nitrogens with zero attached hydrogens (tertiary/aromatic N) is 1. The van der Waals surface area contributed by atoms with E-state index in [2.05, 4.69) is 41.8 Å². The maximum absolute atomic E-state index is 6.47. The number of pyridine rings is 1. The van der Waals surface area contributed by atoms with Gasteiger partial charge in [-0.1, -0.05) is 30.3 Å². The van der Waals surface area contributed by atoms with E-state index in [1.54, 1.807) is 0 Å². The van der Waals surface area contributed by atoms with Gasteiger partial charge in [0.15, 0.2) is 0 Å². The molecule has 0 spiro atoms. The van der Waals surface area contributed by atoms with E-state index < -0.39 is 0 Å². The molecule has 108 valence electrons. The Morgan fingerprint density at radius 1 is 1.05 bits per heavy atom. The lowest BCUT2D eigenvalue weighted by atomic mass is 10.1. The molecule has 3 heteroatoms. The van der Waals surface area contributed by atoms with Crippen molar-refractivity contribution in [2.45, 2.75) is 31.1 Å². The third-order valence-corrected chi connectivity index (χ3v) is 4.92. The van der Waals surface area contributed by atoms with Crippen LogP contribution >= 0.6 is 22.9 Å². The Morgan fingerprint density at radius 2 is 1.95 bits per heavy atom. The standard InChI is InChI=1S/C18H18ClNS/c19-15(6-3-7-17-8-4-12-21-17)13-16-11-10-14-5-1-2-9-18(14)20-16/h1-2,4-5,8-12,15H,3,6-7,13H2. The summed E-state index contributed by atoms with van der Waals surface area (Å²) >= 11 is 8.29. The number of thiophene rings is 1. The van der Waals surface area contributed by atoms with Gasteiger partial charge in [0.2, 0.25) is 0 Å². The first-order chi connectivity index (χ1) is 10.3. The molecule has 1 nitrogen and oxygen atoms in total. The average Bonchev–Trinajstić information content (AvgIpc) is 3.00. The Labute approximate surface area is 134 Å². The summed E-state index contributed by atoms with van der Waals surface area (Å²) in [6.45, 7) is 0. The van der Waals surface area contributed by atoms with Gasteiger partial charge in [0.1, 0.15) is 0 Å². The third kappa shape index (κ3) is 4.05. The number of hydrogen-bond donors (Lipinski definition) is 0. The first kappa shape index (κ1) is 14.6. The van der Waals surface area contributed by atoms with Crippen LogP contribution in [0.15, 0.2) is 53.9 Å². The van der Waals surface area contributed by atoms with Crippen LogP contribution in [0.4, 0.5) is 0 Å². The van der Waals surface area contributed by atoms with E-state index in [1.165, 1.54) is 10.3 Å². The van der Waals surface area contributed by atoms with Gasteiger partial charge >= 0.3 is 0 Å². The van der Waals surface area contributed by atoms with Gasteiger partial charge in [-0.3, -0.25) is 4.98 Å². The predicted octanol–water partition coefficient (Wildman–Crippen LogP) is 5.47. The number of fused-ring (bicyclic) bond motifs is 1. The quantitative estimate of drug-likeness (QED) is 0.550. The highest BCUT2D eigenvalue weighted by atomic mass is 35.5. The molecular formula is C18H18ClNS. The van der Waals surface area contributed by atoms with Crippen molar-refractivity contribution in [3.05, 3.63) is 64.5 Å². The first-order valence-electron chi connectivity index (χ1n) is 7.32. The van der Waals surface area contributed by atoms with E-state index in [-0.39, 0.29) is 5.38 Å². The minimum absolute atomic E-state index is 0.165. The minimum Gasteiger partial charge on any atom is -0.253 e. The molecule has 21 heavy (non-hydrogen) atoms. The van der Waals surface area contributed by atoms with Gasteiger partial charge < -0.3 is 0 Å². The second kappa shape index (κ2) is 7.06. The molecule has 0 radical (unpaired) electrons. The molecule has 3 rings (SSSR count). The van der Waals surface area contributed by atoms with Crippen LogP contribution in [0.1, 0.15) is 23.4 Å². The second-order valence-electron chi connectivity index (χ2n) is 5.27. The number of para-hydroxylation sites is 1. The van der Waals surface area contributed by atoms with Gasteiger partial charge in [0.05, 0.1) is 5.52 Å². The van der Waals surface area contributed by atoms with Crippen molar-refractivity contribution in [2.24, 2.45) is 0 Å². The number of aryl methyl sites for hydroxylation is 1. The highest BCUT2D eigenvalue weighted by Crippen LogP contribution is 2.18. The molecule has 1 unspecified atom stereocenters. The van der Waals surface area contributed by atoms with Crippen molar-refractivity contribution in [1.82, 2.24) is 4.98 Å². The van der Waals surface area contributed by atoms with Crippen LogP contribution in [0.2, 0.25) is 0 Å². The zero-order valence-electron chi connectivity index (χ0n) is 11.8. The van der Waals surface area contributed by atoms with Crippen LogP contribution in [-0.2, 0) is 12.8 Å². The number of hydrogen-bond acceptors (Lipinski definition) is 2. The fourth-order valence-corrected chi connectivity index (χ4v) is 3.57. The minimum atomic E-state index is 0.165. The molecule has 0 fully saturated rings. The Morgan fingerprint density at radius 3 is 2.81 bits per heavy atom. The van der Waals surface area contributed by atoms with E-state index in [9.17, 15) is 0 Å². The maximum atomic E-state index is 6.47. The summed E-state index contributed by atoms with van der Waals surface area (Å²) in [4.78, 5) is 6.14. The molecule has 0 amide bonds. The molecule has 0 aliphatic rings. The first-order valence-corrected chi connectivity index (χ1v) is 8.64. The van der Waals surface area contributed by atoms with Gasteiger partial charge in [-0.05, 0) is 42.8 Å². The van der Waals surface area contributed by atoms with Crippen LogP contribution in [0.25, 0.3) is 10.9 Å². The number of benzene rings is 1. The molecule has 0 saturated heterocycles. The molecular weight excluding hydrogens is 298 g/mol. The third-order valence-electron chi connectivity index (χ3n) is 3.61. The fraction of sp³-hybridized carbons (Fsp3) is 0.278. The molecule has 0 saturated carbocycles. The van der Waals surface area contributed by atoms with Crippen LogP contribution in [0.3, 0.4) is 0 Å². The lowest BCUT2D eigenvalue weighted by Gasteiger charge is -2.09. The molecule has 0 aliphatic heterocycles. The van der Waals surface area contributed by atoms with Gasteiger partial charge in [-0.15, -0.1) is 22.9 Å². The molecule has 3 aromatic rings. The Kier molecular flexibility index (Phi) is 4.89. The second-order valence-corrected chi connectivity index (χ2v) is 6.92. The Bertz CT molecular complexity index is 693. The topological polar surface area (TPSA) is 12.9 Å². The molecule has 0 bridgehead atoms. The predicted molar refractivity (Wildman–Crippen MR) is 92.3 cm³/mol. The summed E-state index contributed by atoms with van der Waals surface area (Å²) in [6.07, 6.45) is 4.15. The van der Waals surface area contributed by atoms with Crippen molar-refractivity contribution >= 4 is 33.8 Å². The van der Waals surface area contributed by atoms with Crippen LogP contribution in [0.5, 0.6) is 0 Å². The lowest BCUT2D eigenvalue weighted by Crippen LogP contribution is -2.05. The largest absolute Gasteiger partial charge is 0.253 e. The smallest absolute Gasteiger partial charge is 0.0705 e. The normalized spacial score (nSPS) is 12.6. The molecule has 2 aromatic heterocycles. The number of alkyl halides is 1.